The van der Waals surface area contributed by atoms with E-state index in [2.05, 4.69) is 11.8 Å². The van der Waals surface area contributed by atoms with Crippen molar-refractivity contribution in [2.75, 3.05) is 13.7 Å². The first kappa shape index (κ1) is 12.1. The lowest BCUT2D eigenvalue weighted by atomic mass is 10.1. The monoisotopic (exact) mass is 220 g/mol. The number of carbonyl (C=O) groups is 1. The summed E-state index contributed by atoms with van der Waals surface area (Å²) in [6, 6.07) is 4.85. The van der Waals surface area contributed by atoms with E-state index in [0.29, 0.717) is 12.0 Å². The number of carboxylic acid groups (broad SMARTS) is 1. The predicted octanol–water partition coefficient (Wildman–Crippen LogP) is 1.13. The maximum Gasteiger partial charge on any atom is 0.340 e. The number of aliphatic hydroxyl groups is 1. The third-order valence-electron chi connectivity index (χ3n) is 1.92. The summed E-state index contributed by atoms with van der Waals surface area (Å²) in [7, 11) is 1.41. The van der Waals surface area contributed by atoms with Gasteiger partial charge in [-0.15, -0.1) is 0 Å². The van der Waals surface area contributed by atoms with Gasteiger partial charge in [-0.05, 0) is 12.1 Å². The summed E-state index contributed by atoms with van der Waals surface area (Å²) in [5.41, 5.74) is 0.440. The molecule has 0 unspecified atom stereocenters. The Balaban J connectivity index is 3.19. The summed E-state index contributed by atoms with van der Waals surface area (Å²) in [6.07, 6.45) is 0.316. The number of carboxylic acids is 1. The molecule has 0 aliphatic rings. The maximum absolute atomic E-state index is 11.0. The van der Waals surface area contributed by atoms with E-state index in [9.17, 15) is 4.79 Å². The Bertz CT molecular complexity index is 440. The van der Waals surface area contributed by atoms with Crippen molar-refractivity contribution in [2.24, 2.45) is 0 Å². The minimum Gasteiger partial charge on any atom is -0.496 e. The smallest absolute Gasteiger partial charge is 0.340 e. The van der Waals surface area contributed by atoms with Gasteiger partial charge in [0.1, 0.15) is 11.3 Å². The molecule has 0 aliphatic heterocycles. The first-order valence-electron chi connectivity index (χ1n) is 4.70. The van der Waals surface area contributed by atoms with Crippen LogP contribution in [-0.2, 0) is 0 Å². The minimum absolute atomic E-state index is 0.0423. The van der Waals surface area contributed by atoms with E-state index < -0.39 is 5.97 Å². The molecule has 0 radical (unpaired) electrons. The molecule has 16 heavy (non-hydrogen) atoms. The van der Waals surface area contributed by atoms with Crippen LogP contribution in [0.3, 0.4) is 0 Å². The lowest BCUT2D eigenvalue weighted by Crippen LogP contribution is -2.03. The van der Waals surface area contributed by atoms with Gasteiger partial charge in [0.25, 0.3) is 0 Å². The lowest BCUT2D eigenvalue weighted by Gasteiger charge is -2.05. The molecule has 1 aromatic carbocycles. The van der Waals surface area contributed by atoms with Crippen molar-refractivity contribution in [1.82, 2.24) is 0 Å². The normalized spacial score (nSPS) is 9.12. The van der Waals surface area contributed by atoms with Crippen molar-refractivity contribution in [3.63, 3.8) is 0 Å². The molecule has 0 saturated carbocycles. The topological polar surface area (TPSA) is 66.8 Å². The van der Waals surface area contributed by atoms with E-state index in [1.54, 1.807) is 18.2 Å². The van der Waals surface area contributed by atoms with Crippen molar-refractivity contribution >= 4 is 5.97 Å². The molecule has 0 amide bonds. The number of rotatable bonds is 3. The molecule has 0 aromatic heterocycles. The van der Waals surface area contributed by atoms with Gasteiger partial charge in [0.15, 0.2) is 0 Å². The van der Waals surface area contributed by atoms with Crippen LogP contribution in [0, 0.1) is 11.8 Å². The third kappa shape index (κ3) is 2.75. The van der Waals surface area contributed by atoms with Gasteiger partial charge < -0.3 is 14.9 Å². The number of methoxy groups -OCH3 is 1. The number of ether oxygens (including phenoxy) is 1. The van der Waals surface area contributed by atoms with Crippen molar-refractivity contribution in [3.8, 4) is 17.6 Å². The summed E-state index contributed by atoms with van der Waals surface area (Å²) < 4.78 is 4.96. The lowest BCUT2D eigenvalue weighted by molar-refractivity contribution is 0.0693. The average molecular weight is 220 g/mol. The van der Waals surface area contributed by atoms with Gasteiger partial charge in [-0.25, -0.2) is 4.79 Å². The van der Waals surface area contributed by atoms with Crippen LogP contribution >= 0.6 is 0 Å². The Kier molecular flexibility index (Phi) is 4.37. The van der Waals surface area contributed by atoms with E-state index in [-0.39, 0.29) is 17.9 Å². The second-order valence-electron chi connectivity index (χ2n) is 2.96. The third-order valence-corrected chi connectivity index (χ3v) is 1.92. The Morgan fingerprint density at radius 3 is 2.81 bits per heavy atom. The molecule has 2 N–H and O–H groups in total. The SMILES string of the molecule is COc1cccc(C#CCCO)c1C(=O)O. The highest BCUT2D eigenvalue weighted by Crippen LogP contribution is 2.21. The van der Waals surface area contributed by atoms with Crippen LogP contribution in [0.25, 0.3) is 0 Å². The van der Waals surface area contributed by atoms with Crippen LogP contribution in [0.2, 0.25) is 0 Å². The maximum atomic E-state index is 11.0. The standard InChI is InChI=1S/C12H12O4/c1-16-10-7-4-6-9(5-2-3-8-13)11(10)12(14)15/h4,6-7,13H,3,8H2,1H3,(H,14,15). The van der Waals surface area contributed by atoms with Crippen LogP contribution in [0.4, 0.5) is 0 Å². The molecule has 0 fully saturated rings. The van der Waals surface area contributed by atoms with Crippen LogP contribution in [0.1, 0.15) is 22.3 Å². The van der Waals surface area contributed by atoms with E-state index >= 15 is 0 Å². The molecule has 0 saturated heterocycles. The molecule has 0 bridgehead atoms. The van der Waals surface area contributed by atoms with E-state index in [1.807, 2.05) is 0 Å². The fourth-order valence-corrected chi connectivity index (χ4v) is 1.24. The second kappa shape index (κ2) is 5.79. The Labute approximate surface area is 93.5 Å². The average Bonchev–Trinajstić information content (AvgIpc) is 2.28. The number of benzene rings is 1. The van der Waals surface area contributed by atoms with Crippen molar-refractivity contribution in [3.05, 3.63) is 29.3 Å². The molecule has 1 rings (SSSR count). The highest BCUT2D eigenvalue weighted by molar-refractivity contribution is 5.94. The van der Waals surface area contributed by atoms with Gasteiger partial charge in [0.2, 0.25) is 0 Å². The summed E-state index contributed by atoms with van der Waals surface area (Å²) in [6.45, 7) is -0.0423. The van der Waals surface area contributed by atoms with Crippen LogP contribution < -0.4 is 4.74 Å². The molecular weight excluding hydrogens is 208 g/mol. The molecule has 4 heteroatoms. The van der Waals surface area contributed by atoms with Gasteiger partial charge >= 0.3 is 5.97 Å². The highest BCUT2D eigenvalue weighted by atomic mass is 16.5. The molecule has 1 aromatic rings. The van der Waals surface area contributed by atoms with Gasteiger partial charge in [0.05, 0.1) is 13.7 Å². The molecule has 84 valence electrons. The Morgan fingerprint density at radius 1 is 1.50 bits per heavy atom. The summed E-state index contributed by atoms with van der Waals surface area (Å²) >= 11 is 0. The summed E-state index contributed by atoms with van der Waals surface area (Å²) in [5.74, 6) is 4.58. The van der Waals surface area contributed by atoms with Crippen molar-refractivity contribution < 1.29 is 19.7 Å². The van der Waals surface area contributed by atoms with Crippen molar-refractivity contribution in [2.45, 2.75) is 6.42 Å². The molecule has 0 aliphatic carbocycles. The summed E-state index contributed by atoms with van der Waals surface area (Å²) in [4.78, 5) is 11.0. The Morgan fingerprint density at radius 2 is 2.25 bits per heavy atom. The fourth-order valence-electron chi connectivity index (χ4n) is 1.24. The number of hydrogen-bond donors (Lipinski definition) is 2. The predicted molar refractivity (Wildman–Crippen MR) is 58.5 cm³/mol. The minimum atomic E-state index is -1.08. The molecule has 0 atom stereocenters. The van der Waals surface area contributed by atoms with Gasteiger partial charge in [0, 0.05) is 12.0 Å². The van der Waals surface area contributed by atoms with Crippen LogP contribution in [0.15, 0.2) is 18.2 Å². The molecule has 0 heterocycles. The van der Waals surface area contributed by atoms with Gasteiger partial charge in [-0.3, -0.25) is 0 Å². The van der Waals surface area contributed by atoms with Crippen LogP contribution in [0.5, 0.6) is 5.75 Å². The van der Waals surface area contributed by atoms with Crippen molar-refractivity contribution in [1.29, 1.82) is 0 Å². The zero-order valence-corrected chi connectivity index (χ0v) is 8.86. The van der Waals surface area contributed by atoms with Gasteiger partial charge in [-0.2, -0.15) is 0 Å². The first-order valence-corrected chi connectivity index (χ1v) is 4.70. The Hall–Kier alpha value is -1.99. The largest absolute Gasteiger partial charge is 0.496 e. The highest BCUT2D eigenvalue weighted by Gasteiger charge is 2.14. The zero-order chi connectivity index (χ0) is 12.0. The van der Waals surface area contributed by atoms with E-state index in [0.717, 1.165) is 0 Å². The number of aromatic carboxylic acids is 1. The van der Waals surface area contributed by atoms with E-state index in [4.69, 9.17) is 14.9 Å². The number of aliphatic hydroxyl groups excluding tert-OH is 1. The van der Waals surface area contributed by atoms with Crippen LogP contribution in [-0.4, -0.2) is 29.9 Å². The zero-order valence-electron chi connectivity index (χ0n) is 8.86. The summed E-state index contributed by atoms with van der Waals surface area (Å²) in [5, 5.41) is 17.6. The number of hydrogen-bond acceptors (Lipinski definition) is 3. The molecule has 4 nitrogen and oxygen atoms in total. The molecule has 0 spiro atoms. The van der Waals surface area contributed by atoms with E-state index in [1.165, 1.54) is 7.11 Å². The van der Waals surface area contributed by atoms with Gasteiger partial charge in [-0.1, -0.05) is 17.9 Å². The second-order valence-corrected chi connectivity index (χ2v) is 2.96. The fraction of sp³-hybridized carbons (Fsp3) is 0.250. The quantitative estimate of drug-likeness (QED) is 0.749. The molecular formula is C12H12O4. The first-order chi connectivity index (χ1) is 7.70.